The molecule has 0 bridgehead atoms. The summed E-state index contributed by atoms with van der Waals surface area (Å²) in [4.78, 5) is 2.51. The minimum atomic E-state index is 0.684. The van der Waals surface area contributed by atoms with Gasteiger partial charge < -0.3 is 5.32 Å². The van der Waals surface area contributed by atoms with Crippen LogP contribution >= 0.6 is 0 Å². The minimum absolute atomic E-state index is 0.684. The predicted molar refractivity (Wildman–Crippen MR) is 74.6 cm³/mol. The zero-order valence-electron chi connectivity index (χ0n) is 11.9. The van der Waals surface area contributed by atoms with Crippen molar-refractivity contribution in [1.82, 2.24) is 20.0 Å². The molecule has 1 aliphatic heterocycles. The Labute approximate surface area is 110 Å². The van der Waals surface area contributed by atoms with Crippen LogP contribution in [0.4, 0.5) is 0 Å². The molecule has 102 valence electrons. The Hall–Kier alpha value is -0.870. The summed E-state index contributed by atoms with van der Waals surface area (Å²) < 4.78 is 2.03. The number of hydrogen-bond acceptors (Lipinski definition) is 3. The van der Waals surface area contributed by atoms with Crippen LogP contribution < -0.4 is 5.32 Å². The van der Waals surface area contributed by atoms with Gasteiger partial charge in [0.25, 0.3) is 0 Å². The second kappa shape index (κ2) is 6.34. The highest BCUT2D eigenvalue weighted by Crippen LogP contribution is 2.11. The van der Waals surface area contributed by atoms with Gasteiger partial charge in [-0.15, -0.1) is 0 Å². The first-order valence-electron chi connectivity index (χ1n) is 7.20. The molecule has 18 heavy (non-hydrogen) atoms. The van der Waals surface area contributed by atoms with Crippen LogP contribution in [0, 0.1) is 0 Å². The summed E-state index contributed by atoms with van der Waals surface area (Å²) in [7, 11) is 2.05. The highest BCUT2D eigenvalue weighted by atomic mass is 15.3. The maximum atomic E-state index is 4.52. The number of hydrogen-bond donors (Lipinski definition) is 1. The summed E-state index contributed by atoms with van der Waals surface area (Å²) in [6.07, 6.45) is 3.67. The molecule has 1 fully saturated rings. The fraction of sp³-hybridized carbons (Fsp3) is 0.786. The second-order valence-corrected chi connectivity index (χ2v) is 5.23. The molecule has 1 aliphatic rings. The van der Waals surface area contributed by atoms with Gasteiger partial charge in [-0.1, -0.05) is 13.8 Å². The Balaban J connectivity index is 1.93. The van der Waals surface area contributed by atoms with Crippen molar-refractivity contribution in [2.75, 3.05) is 19.6 Å². The van der Waals surface area contributed by atoms with Gasteiger partial charge in [0.1, 0.15) is 0 Å². The summed E-state index contributed by atoms with van der Waals surface area (Å²) >= 11 is 0. The van der Waals surface area contributed by atoms with Crippen molar-refractivity contribution in [1.29, 1.82) is 0 Å². The third kappa shape index (κ3) is 3.33. The van der Waals surface area contributed by atoms with E-state index in [-0.39, 0.29) is 0 Å². The maximum Gasteiger partial charge on any atom is 0.0625 e. The monoisotopic (exact) mass is 250 g/mol. The topological polar surface area (TPSA) is 33.1 Å². The van der Waals surface area contributed by atoms with E-state index >= 15 is 0 Å². The lowest BCUT2D eigenvalue weighted by atomic mass is 10.2. The molecule has 4 nitrogen and oxygen atoms in total. The van der Waals surface area contributed by atoms with Gasteiger partial charge in [-0.05, 0) is 38.4 Å². The molecule has 0 amide bonds. The van der Waals surface area contributed by atoms with E-state index in [1.807, 2.05) is 4.68 Å². The molecule has 4 heteroatoms. The lowest BCUT2D eigenvalue weighted by molar-refractivity contribution is 0.247. The maximum absolute atomic E-state index is 4.52. The SMILES string of the molecule is CCc1cc(CN(CC)CC2CCCN2)n(C)n1. The van der Waals surface area contributed by atoms with Gasteiger partial charge in [0.2, 0.25) is 0 Å². The average Bonchev–Trinajstić information content (AvgIpc) is 2.99. The Bertz CT molecular complexity index is 366. The quantitative estimate of drug-likeness (QED) is 0.831. The fourth-order valence-electron chi connectivity index (χ4n) is 2.65. The zero-order chi connectivity index (χ0) is 13.0. The molecule has 0 aliphatic carbocycles. The standard InChI is InChI=1S/C14H26N4/c1-4-12-9-14(17(3)16-12)11-18(5-2)10-13-7-6-8-15-13/h9,13,15H,4-8,10-11H2,1-3H3. The van der Waals surface area contributed by atoms with Gasteiger partial charge in [-0.25, -0.2) is 0 Å². The summed E-state index contributed by atoms with van der Waals surface area (Å²) in [6.45, 7) is 8.86. The van der Waals surface area contributed by atoms with Gasteiger partial charge in [0.15, 0.2) is 0 Å². The van der Waals surface area contributed by atoms with Crippen LogP contribution in [0.5, 0.6) is 0 Å². The number of nitrogens with zero attached hydrogens (tertiary/aromatic N) is 3. The number of likely N-dealkylation sites (N-methyl/N-ethyl adjacent to an activating group) is 1. The van der Waals surface area contributed by atoms with Crippen LogP contribution in [0.25, 0.3) is 0 Å². The Kier molecular flexibility index (Phi) is 4.78. The van der Waals surface area contributed by atoms with Gasteiger partial charge in [0.05, 0.1) is 11.4 Å². The summed E-state index contributed by atoms with van der Waals surface area (Å²) in [5.41, 5.74) is 2.52. The molecular weight excluding hydrogens is 224 g/mol. The smallest absolute Gasteiger partial charge is 0.0625 e. The Morgan fingerprint density at radius 3 is 2.89 bits per heavy atom. The van der Waals surface area contributed by atoms with Crippen LogP contribution in [-0.2, 0) is 20.0 Å². The highest BCUT2D eigenvalue weighted by Gasteiger charge is 2.18. The normalized spacial score (nSPS) is 19.9. The molecule has 1 aromatic rings. The van der Waals surface area contributed by atoms with E-state index in [1.54, 1.807) is 0 Å². The molecule has 2 heterocycles. The van der Waals surface area contributed by atoms with Crippen molar-refractivity contribution in [3.63, 3.8) is 0 Å². The highest BCUT2D eigenvalue weighted by molar-refractivity contribution is 5.10. The van der Waals surface area contributed by atoms with E-state index in [4.69, 9.17) is 0 Å². The van der Waals surface area contributed by atoms with Gasteiger partial charge in [-0.2, -0.15) is 5.10 Å². The summed E-state index contributed by atoms with van der Waals surface area (Å²) in [5, 5.41) is 8.10. The Morgan fingerprint density at radius 1 is 1.50 bits per heavy atom. The molecule has 0 radical (unpaired) electrons. The van der Waals surface area contributed by atoms with Crippen molar-refractivity contribution in [3.05, 3.63) is 17.5 Å². The second-order valence-electron chi connectivity index (χ2n) is 5.23. The van der Waals surface area contributed by atoms with E-state index in [0.717, 1.165) is 26.1 Å². The first kappa shape index (κ1) is 13.6. The molecule has 2 rings (SSSR count). The lowest BCUT2D eigenvalue weighted by Gasteiger charge is -2.24. The van der Waals surface area contributed by atoms with Crippen molar-refractivity contribution in [2.45, 2.75) is 45.7 Å². The molecule has 0 saturated carbocycles. The molecule has 0 spiro atoms. The third-order valence-electron chi connectivity index (χ3n) is 3.86. The van der Waals surface area contributed by atoms with E-state index in [1.165, 1.54) is 30.8 Å². The van der Waals surface area contributed by atoms with Crippen LogP contribution in [0.1, 0.15) is 38.1 Å². The molecule has 0 aromatic carbocycles. The predicted octanol–water partition coefficient (Wildman–Crippen LogP) is 1.56. The average molecular weight is 250 g/mol. The summed E-state index contributed by atoms with van der Waals surface area (Å²) in [6, 6.07) is 2.92. The van der Waals surface area contributed by atoms with Crippen molar-refractivity contribution in [3.8, 4) is 0 Å². The van der Waals surface area contributed by atoms with E-state index < -0.39 is 0 Å². The lowest BCUT2D eigenvalue weighted by Crippen LogP contribution is -2.37. The van der Waals surface area contributed by atoms with Crippen LogP contribution in [-0.4, -0.2) is 40.4 Å². The van der Waals surface area contributed by atoms with Gasteiger partial charge >= 0.3 is 0 Å². The van der Waals surface area contributed by atoms with Gasteiger partial charge in [0, 0.05) is 26.2 Å². The first-order valence-corrected chi connectivity index (χ1v) is 7.20. The largest absolute Gasteiger partial charge is 0.313 e. The fourth-order valence-corrected chi connectivity index (χ4v) is 2.65. The number of aromatic nitrogens is 2. The van der Waals surface area contributed by atoms with E-state index in [9.17, 15) is 0 Å². The van der Waals surface area contributed by atoms with Crippen molar-refractivity contribution in [2.24, 2.45) is 7.05 Å². The van der Waals surface area contributed by atoms with Crippen molar-refractivity contribution >= 4 is 0 Å². The van der Waals surface area contributed by atoms with Crippen molar-refractivity contribution < 1.29 is 0 Å². The number of rotatable bonds is 6. The third-order valence-corrected chi connectivity index (χ3v) is 3.86. The molecule has 1 N–H and O–H groups in total. The molecular formula is C14H26N4. The molecule has 1 atom stereocenters. The van der Waals surface area contributed by atoms with Crippen LogP contribution in [0.3, 0.4) is 0 Å². The Morgan fingerprint density at radius 2 is 2.33 bits per heavy atom. The van der Waals surface area contributed by atoms with Crippen LogP contribution in [0.15, 0.2) is 6.07 Å². The molecule has 1 aromatic heterocycles. The van der Waals surface area contributed by atoms with Crippen LogP contribution in [0.2, 0.25) is 0 Å². The summed E-state index contributed by atoms with van der Waals surface area (Å²) in [5.74, 6) is 0. The van der Waals surface area contributed by atoms with Gasteiger partial charge in [-0.3, -0.25) is 9.58 Å². The molecule has 1 saturated heterocycles. The zero-order valence-corrected chi connectivity index (χ0v) is 11.9. The number of aryl methyl sites for hydroxylation is 2. The van der Waals surface area contributed by atoms with E-state index in [2.05, 4.69) is 42.3 Å². The minimum Gasteiger partial charge on any atom is -0.313 e. The number of nitrogens with one attached hydrogen (secondary N) is 1. The first-order chi connectivity index (χ1) is 8.72. The molecule has 1 unspecified atom stereocenters. The van der Waals surface area contributed by atoms with E-state index in [0.29, 0.717) is 6.04 Å².